The van der Waals surface area contributed by atoms with Gasteiger partial charge >= 0.3 is 0 Å². The Morgan fingerprint density at radius 3 is 2.19 bits per heavy atom. The number of hydrazone groups is 1. The summed E-state index contributed by atoms with van der Waals surface area (Å²) in [4.78, 5) is 0. The molecule has 3 aromatic rings. The lowest BCUT2D eigenvalue weighted by Gasteiger charge is -2.24. The van der Waals surface area contributed by atoms with Crippen LogP contribution in [0.4, 0.5) is 5.69 Å². The molecule has 0 fully saturated rings. The summed E-state index contributed by atoms with van der Waals surface area (Å²) in [5, 5.41) is 8.40. The van der Waals surface area contributed by atoms with Crippen LogP contribution in [-0.4, -0.2) is 5.71 Å². The first-order valence-corrected chi connectivity index (χ1v) is 9.57. The molecule has 1 unspecified atom stereocenters. The molecule has 0 saturated heterocycles. The zero-order valence-corrected chi connectivity index (χ0v) is 16.1. The quantitative estimate of drug-likeness (QED) is 0.465. The van der Waals surface area contributed by atoms with E-state index < -0.39 is 0 Å². The maximum Gasteiger partial charge on any atom is 0.0845 e. The molecule has 4 rings (SSSR count). The summed E-state index contributed by atoms with van der Waals surface area (Å²) < 4.78 is 0. The minimum atomic E-state index is 0.0620. The Bertz CT molecular complexity index is 996. The average Bonchev–Trinajstić information content (AvgIpc) is 3.12. The number of anilines is 1. The molecule has 0 saturated carbocycles. The summed E-state index contributed by atoms with van der Waals surface area (Å²) in [6.07, 6.45) is 4.83. The van der Waals surface area contributed by atoms with E-state index in [1.807, 2.05) is 77.8 Å². The Hall–Kier alpha value is -2.55. The summed E-state index contributed by atoms with van der Waals surface area (Å²) >= 11 is 12.7. The van der Waals surface area contributed by atoms with E-state index in [1.54, 1.807) is 0 Å². The van der Waals surface area contributed by atoms with Crippen LogP contribution >= 0.6 is 23.2 Å². The molecule has 4 heteroatoms. The van der Waals surface area contributed by atoms with E-state index in [9.17, 15) is 0 Å². The van der Waals surface area contributed by atoms with E-state index in [2.05, 4.69) is 18.2 Å². The smallest absolute Gasteiger partial charge is 0.0845 e. The zero-order valence-electron chi connectivity index (χ0n) is 14.6. The molecule has 0 N–H and O–H groups in total. The highest BCUT2D eigenvalue weighted by Gasteiger charge is 2.29. The lowest BCUT2D eigenvalue weighted by atomic mass is 10.0. The van der Waals surface area contributed by atoms with Gasteiger partial charge in [-0.25, -0.2) is 0 Å². The molecule has 0 aromatic heterocycles. The SMILES string of the molecule is Clc1ccccc1C=CC1=NN(c2ccccc2)C(c2ccccc2Cl)C1. The highest BCUT2D eigenvalue weighted by Crippen LogP contribution is 2.38. The van der Waals surface area contributed by atoms with Crippen LogP contribution in [0.3, 0.4) is 0 Å². The van der Waals surface area contributed by atoms with Crippen molar-refractivity contribution < 1.29 is 0 Å². The van der Waals surface area contributed by atoms with Crippen LogP contribution in [0.15, 0.2) is 90.0 Å². The Labute approximate surface area is 169 Å². The van der Waals surface area contributed by atoms with Gasteiger partial charge < -0.3 is 0 Å². The van der Waals surface area contributed by atoms with Gasteiger partial charge in [-0.2, -0.15) is 5.10 Å². The minimum absolute atomic E-state index is 0.0620. The minimum Gasteiger partial charge on any atom is -0.257 e. The zero-order chi connectivity index (χ0) is 18.6. The molecule has 1 aliphatic heterocycles. The number of para-hydroxylation sites is 1. The van der Waals surface area contributed by atoms with Gasteiger partial charge in [0.05, 0.1) is 17.4 Å². The highest BCUT2D eigenvalue weighted by molar-refractivity contribution is 6.32. The number of rotatable bonds is 4. The van der Waals surface area contributed by atoms with E-state index in [4.69, 9.17) is 28.3 Å². The van der Waals surface area contributed by atoms with E-state index in [0.717, 1.165) is 39.0 Å². The summed E-state index contributed by atoms with van der Waals surface area (Å²) in [5.41, 5.74) is 4.09. The molecule has 1 aliphatic rings. The predicted molar refractivity (Wildman–Crippen MR) is 116 cm³/mol. The third-order valence-corrected chi connectivity index (χ3v) is 5.27. The molecule has 0 bridgehead atoms. The standard InChI is InChI=1S/C23H18Cl2N2/c24-21-12-6-4-8-17(21)14-15-18-16-23(20-11-5-7-13-22(20)25)27(26-18)19-9-2-1-3-10-19/h1-15,23H,16H2. The van der Waals surface area contributed by atoms with Crippen molar-refractivity contribution >= 4 is 40.7 Å². The maximum absolute atomic E-state index is 6.49. The molecule has 0 aliphatic carbocycles. The number of benzene rings is 3. The van der Waals surface area contributed by atoms with Gasteiger partial charge in [0, 0.05) is 16.5 Å². The van der Waals surface area contributed by atoms with Gasteiger partial charge in [-0.15, -0.1) is 0 Å². The van der Waals surface area contributed by atoms with Gasteiger partial charge in [0.15, 0.2) is 0 Å². The van der Waals surface area contributed by atoms with E-state index in [1.165, 1.54) is 0 Å². The third kappa shape index (κ3) is 3.92. The molecule has 1 atom stereocenters. The second kappa shape index (κ2) is 7.99. The monoisotopic (exact) mass is 392 g/mol. The number of allylic oxidation sites excluding steroid dienone is 1. The van der Waals surface area contributed by atoms with Crippen molar-refractivity contribution in [2.45, 2.75) is 12.5 Å². The molecule has 1 heterocycles. The average molecular weight is 393 g/mol. The van der Waals surface area contributed by atoms with Crippen LogP contribution < -0.4 is 5.01 Å². The molecule has 0 spiro atoms. The topological polar surface area (TPSA) is 15.6 Å². The Morgan fingerprint density at radius 2 is 1.44 bits per heavy atom. The van der Waals surface area contributed by atoms with Gasteiger partial charge in [-0.05, 0) is 41.5 Å². The van der Waals surface area contributed by atoms with Crippen LogP contribution in [0.5, 0.6) is 0 Å². The number of halogens is 2. The predicted octanol–water partition coefficient (Wildman–Crippen LogP) is 7.01. The van der Waals surface area contributed by atoms with Crippen LogP contribution in [0.25, 0.3) is 6.08 Å². The molecular weight excluding hydrogens is 375 g/mol. The van der Waals surface area contributed by atoms with Crippen LogP contribution in [0, 0.1) is 0 Å². The fraction of sp³-hybridized carbons (Fsp3) is 0.0870. The molecule has 0 radical (unpaired) electrons. The third-order valence-electron chi connectivity index (χ3n) is 4.58. The summed E-state index contributed by atoms with van der Waals surface area (Å²) in [6.45, 7) is 0. The van der Waals surface area contributed by atoms with Crippen LogP contribution in [0.1, 0.15) is 23.6 Å². The second-order valence-corrected chi connectivity index (χ2v) is 7.18. The van der Waals surface area contributed by atoms with Gasteiger partial charge in [0.1, 0.15) is 0 Å². The van der Waals surface area contributed by atoms with Crippen molar-refractivity contribution in [2.24, 2.45) is 5.10 Å². The van der Waals surface area contributed by atoms with Crippen molar-refractivity contribution in [2.75, 3.05) is 5.01 Å². The van der Waals surface area contributed by atoms with Gasteiger partial charge in [-0.3, -0.25) is 5.01 Å². The highest BCUT2D eigenvalue weighted by atomic mass is 35.5. The number of nitrogens with zero attached hydrogens (tertiary/aromatic N) is 2. The van der Waals surface area contributed by atoms with Crippen molar-refractivity contribution in [3.63, 3.8) is 0 Å². The second-order valence-electron chi connectivity index (χ2n) is 6.37. The Kier molecular flexibility index (Phi) is 5.28. The molecule has 27 heavy (non-hydrogen) atoms. The lowest BCUT2D eigenvalue weighted by molar-refractivity contribution is 0.709. The van der Waals surface area contributed by atoms with Crippen LogP contribution in [-0.2, 0) is 0 Å². The first kappa shape index (κ1) is 17.8. The van der Waals surface area contributed by atoms with Crippen molar-refractivity contribution in [3.05, 3.63) is 106 Å². The Morgan fingerprint density at radius 1 is 0.778 bits per heavy atom. The van der Waals surface area contributed by atoms with E-state index in [-0.39, 0.29) is 6.04 Å². The van der Waals surface area contributed by atoms with Crippen molar-refractivity contribution in [1.29, 1.82) is 0 Å². The molecule has 2 nitrogen and oxygen atoms in total. The summed E-state index contributed by atoms with van der Waals surface area (Å²) in [5.74, 6) is 0. The molecular formula is C23H18Cl2N2. The first-order chi connectivity index (χ1) is 13.2. The summed E-state index contributed by atoms with van der Waals surface area (Å²) in [6, 6.07) is 26.0. The molecule has 3 aromatic carbocycles. The molecule has 134 valence electrons. The maximum atomic E-state index is 6.49. The number of hydrogen-bond donors (Lipinski definition) is 0. The van der Waals surface area contributed by atoms with Gasteiger partial charge in [0.25, 0.3) is 0 Å². The van der Waals surface area contributed by atoms with E-state index in [0.29, 0.717) is 0 Å². The largest absolute Gasteiger partial charge is 0.257 e. The van der Waals surface area contributed by atoms with Crippen molar-refractivity contribution in [3.8, 4) is 0 Å². The van der Waals surface area contributed by atoms with Gasteiger partial charge in [-0.1, -0.05) is 83.9 Å². The Balaban J connectivity index is 1.68. The van der Waals surface area contributed by atoms with Crippen LogP contribution in [0.2, 0.25) is 10.0 Å². The number of hydrogen-bond acceptors (Lipinski definition) is 2. The summed E-state index contributed by atoms with van der Waals surface area (Å²) in [7, 11) is 0. The lowest BCUT2D eigenvalue weighted by Crippen LogP contribution is -2.18. The van der Waals surface area contributed by atoms with Gasteiger partial charge in [0.2, 0.25) is 0 Å². The fourth-order valence-corrected chi connectivity index (χ4v) is 3.70. The first-order valence-electron chi connectivity index (χ1n) is 8.81. The van der Waals surface area contributed by atoms with Crippen molar-refractivity contribution in [1.82, 2.24) is 0 Å². The molecule has 0 amide bonds. The van der Waals surface area contributed by atoms with E-state index >= 15 is 0 Å². The normalized spacial score (nSPS) is 16.7. The fourth-order valence-electron chi connectivity index (χ4n) is 3.24.